The van der Waals surface area contributed by atoms with Crippen LogP contribution in [0.15, 0.2) is 18.2 Å². The van der Waals surface area contributed by atoms with E-state index in [1.54, 1.807) is 0 Å². The highest BCUT2D eigenvalue weighted by molar-refractivity contribution is 5.38. The Hall–Kier alpha value is -1.13. The fourth-order valence-electron chi connectivity index (χ4n) is 1.66. The van der Waals surface area contributed by atoms with Gasteiger partial charge in [0, 0.05) is 18.1 Å². The Bertz CT molecular complexity index is 396. The molecule has 1 heterocycles. The number of aliphatic hydroxyl groups excluding tert-OH is 1. The number of hydrogen-bond acceptors (Lipinski definition) is 4. The summed E-state index contributed by atoms with van der Waals surface area (Å²) in [7, 11) is 0. The van der Waals surface area contributed by atoms with E-state index in [0.29, 0.717) is 12.6 Å². The molecule has 0 amide bonds. The second-order valence-corrected chi connectivity index (χ2v) is 6.01. The summed E-state index contributed by atoms with van der Waals surface area (Å²) in [5, 5.41) is 16.7. The van der Waals surface area contributed by atoms with Gasteiger partial charge in [-0.2, -0.15) is 0 Å². The molecule has 100 valence electrons. The molecule has 0 spiro atoms. The van der Waals surface area contributed by atoms with Crippen molar-refractivity contribution < 1.29 is 5.11 Å². The number of anilines is 1. The number of hydrogen-bond donors (Lipinski definition) is 3. The van der Waals surface area contributed by atoms with Gasteiger partial charge in [-0.05, 0) is 45.7 Å². The van der Waals surface area contributed by atoms with E-state index in [-0.39, 0.29) is 5.54 Å². The average molecular weight is 249 g/mol. The van der Waals surface area contributed by atoms with E-state index in [2.05, 4.69) is 36.4 Å². The van der Waals surface area contributed by atoms with Crippen molar-refractivity contribution in [1.82, 2.24) is 10.3 Å². The molecule has 18 heavy (non-hydrogen) atoms. The molecule has 4 heteroatoms. The van der Waals surface area contributed by atoms with Crippen LogP contribution in [0.4, 0.5) is 5.82 Å². The van der Waals surface area contributed by atoms with Crippen LogP contribution in [0, 0.1) is 0 Å². The van der Waals surface area contributed by atoms with Gasteiger partial charge in [0.1, 0.15) is 11.9 Å². The minimum absolute atomic E-state index is 0.00481. The SMILES string of the molecule is CC(C)(C)NCC(O)c1cccc(NC2CC2)n1. The number of pyridine rings is 1. The van der Waals surface area contributed by atoms with Gasteiger partial charge in [0.05, 0.1) is 5.69 Å². The number of rotatable bonds is 5. The van der Waals surface area contributed by atoms with Crippen LogP contribution in [0.25, 0.3) is 0 Å². The molecule has 0 aliphatic heterocycles. The fraction of sp³-hybridized carbons (Fsp3) is 0.643. The molecule has 1 fully saturated rings. The van der Waals surface area contributed by atoms with Crippen molar-refractivity contribution in [2.45, 2.75) is 51.3 Å². The maximum Gasteiger partial charge on any atom is 0.126 e. The lowest BCUT2D eigenvalue weighted by molar-refractivity contribution is 0.159. The summed E-state index contributed by atoms with van der Waals surface area (Å²) in [6.45, 7) is 6.76. The molecule has 4 nitrogen and oxygen atoms in total. The van der Waals surface area contributed by atoms with Gasteiger partial charge in [0.2, 0.25) is 0 Å². The predicted molar refractivity (Wildman–Crippen MR) is 73.6 cm³/mol. The maximum atomic E-state index is 10.1. The van der Waals surface area contributed by atoms with Crippen molar-refractivity contribution >= 4 is 5.82 Å². The third-order valence-electron chi connectivity index (χ3n) is 2.87. The number of nitrogens with one attached hydrogen (secondary N) is 2. The maximum absolute atomic E-state index is 10.1. The van der Waals surface area contributed by atoms with Gasteiger partial charge in [-0.25, -0.2) is 4.98 Å². The van der Waals surface area contributed by atoms with Gasteiger partial charge >= 0.3 is 0 Å². The summed E-state index contributed by atoms with van der Waals surface area (Å²) >= 11 is 0. The van der Waals surface area contributed by atoms with Crippen molar-refractivity contribution in [3.8, 4) is 0 Å². The van der Waals surface area contributed by atoms with E-state index >= 15 is 0 Å². The summed E-state index contributed by atoms with van der Waals surface area (Å²) in [4.78, 5) is 4.45. The molecule has 1 unspecified atom stereocenters. The molecule has 0 aromatic carbocycles. The smallest absolute Gasteiger partial charge is 0.126 e. The van der Waals surface area contributed by atoms with Gasteiger partial charge in [-0.3, -0.25) is 0 Å². The largest absolute Gasteiger partial charge is 0.385 e. The molecule has 1 aliphatic carbocycles. The van der Waals surface area contributed by atoms with Crippen LogP contribution in [-0.4, -0.2) is 28.2 Å². The second kappa shape index (κ2) is 5.24. The summed E-state index contributed by atoms with van der Waals surface area (Å²) in [6, 6.07) is 6.34. The number of aromatic nitrogens is 1. The first-order chi connectivity index (χ1) is 8.44. The topological polar surface area (TPSA) is 57.2 Å². The zero-order valence-corrected chi connectivity index (χ0v) is 11.4. The highest BCUT2D eigenvalue weighted by atomic mass is 16.3. The Kier molecular flexibility index (Phi) is 3.88. The molecule has 1 saturated carbocycles. The van der Waals surface area contributed by atoms with E-state index in [0.717, 1.165) is 11.5 Å². The normalized spacial score (nSPS) is 17.6. The van der Waals surface area contributed by atoms with Crippen LogP contribution < -0.4 is 10.6 Å². The average Bonchev–Trinajstić information content (AvgIpc) is 3.09. The molecule has 1 aromatic heterocycles. The Balaban J connectivity index is 1.93. The number of β-amino-alcohol motifs (C(OH)–C–C–N with tert-alkyl or cyclic N) is 1. The zero-order valence-electron chi connectivity index (χ0n) is 11.4. The summed E-state index contributed by atoms with van der Waals surface area (Å²) < 4.78 is 0. The first kappa shape index (κ1) is 13.3. The van der Waals surface area contributed by atoms with Gasteiger partial charge in [-0.1, -0.05) is 6.07 Å². The molecule has 2 rings (SSSR count). The molecule has 0 radical (unpaired) electrons. The van der Waals surface area contributed by atoms with Gasteiger partial charge in [0.15, 0.2) is 0 Å². The summed E-state index contributed by atoms with van der Waals surface area (Å²) in [5.74, 6) is 0.866. The third-order valence-corrected chi connectivity index (χ3v) is 2.87. The monoisotopic (exact) mass is 249 g/mol. The van der Waals surface area contributed by atoms with Crippen LogP contribution in [0.2, 0.25) is 0 Å². The van der Waals surface area contributed by atoms with Crippen LogP contribution in [0.3, 0.4) is 0 Å². The standard InChI is InChI=1S/C14H23N3O/c1-14(2,3)15-9-12(18)11-5-4-6-13(17-11)16-10-7-8-10/h4-6,10,12,15,18H,7-9H2,1-3H3,(H,16,17). The van der Waals surface area contributed by atoms with Crippen LogP contribution >= 0.6 is 0 Å². The molecule has 0 bridgehead atoms. The Morgan fingerprint density at radius 2 is 2.11 bits per heavy atom. The summed E-state index contributed by atoms with van der Waals surface area (Å²) in [6.07, 6.45) is 1.88. The van der Waals surface area contributed by atoms with E-state index in [4.69, 9.17) is 0 Å². The minimum atomic E-state index is -0.565. The lowest BCUT2D eigenvalue weighted by atomic mass is 10.1. The van der Waals surface area contributed by atoms with Crippen molar-refractivity contribution in [2.24, 2.45) is 0 Å². The third kappa shape index (κ3) is 4.27. The molecule has 1 aliphatic rings. The molecular weight excluding hydrogens is 226 g/mol. The van der Waals surface area contributed by atoms with Crippen LogP contribution in [-0.2, 0) is 0 Å². The first-order valence-electron chi connectivity index (χ1n) is 6.61. The number of nitrogens with zero attached hydrogens (tertiary/aromatic N) is 1. The van der Waals surface area contributed by atoms with Crippen LogP contribution in [0.5, 0.6) is 0 Å². The minimum Gasteiger partial charge on any atom is -0.385 e. The van der Waals surface area contributed by atoms with E-state index < -0.39 is 6.10 Å². The number of aliphatic hydroxyl groups is 1. The van der Waals surface area contributed by atoms with Crippen molar-refractivity contribution in [1.29, 1.82) is 0 Å². The molecular formula is C14H23N3O. The molecule has 3 N–H and O–H groups in total. The fourth-order valence-corrected chi connectivity index (χ4v) is 1.66. The zero-order chi connectivity index (χ0) is 13.2. The first-order valence-corrected chi connectivity index (χ1v) is 6.61. The quantitative estimate of drug-likeness (QED) is 0.748. The van der Waals surface area contributed by atoms with E-state index in [9.17, 15) is 5.11 Å². The van der Waals surface area contributed by atoms with Gasteiger partial charge in [0.25, 0.3) is 0 Å². The van der Waals surface area contributed by atoms with E-state index in [1.807, 2.05) is 18.2 Å². The molecule has 1 atom stereocenters. The highest BCUT2D eigenvalue weighted by Gasteiger charge is 2.21. The van der Waals surface area contributed by atoms with Gasteiger partial charge in [-0.15, -0.1) is 0 Å². The Labute approximate surface area is 109 Å². The molecule has 0 saturated heterocycles. The second-order valence-electron chi connectivity index (χ2n) is 6.01. The van der Waals surface area contributed by atoms with Crippen LogP contribution in [0.1, 0.15) is 45.4 Å². The summed E-state index contributed by atoms with van der Waals surface area (Å²) in [5.41, 5.74) is 0.725. The lowest BCUT2D eigenvalue weighted by Crippen LogP contribution is -2.38. The van der Waals surface area contributed by atoms with Crippen molar-refractivity contribution in [3.05, 3.63) is 23.9 Å². The highest BCUT2D eigenvalue weighted by Crippen LogP contribution is 2.24. The molecule has 1 aromatic rings. The Morgan fingerprint density at radius 3 is 2.72 bits per heavy atom. The lowest BCUT2D eigenvalue weighted by Gasteiger charge is -2.22. The Morgan fingerprint density at radius 1 is 1.39 bits per heavy atom. The van der Waals surface area contributed by atoms with Crippen molar-refractivity contribution in [2.75, 3.05) is 11.9 Å². The van der Waals surface area contributed by atoms with Gasteiger partial charge < -0.3 is 15.7 Å². The van der Waals surface area contributed by atoms with Crippen molar-refractivity contribution in [3.63, 3.8) is 0 Å². The van der Waals surface area contributed by atoms with E-state index in [1.165, 1.54) is 12.8 Å². The predicted octanol–water partition coefficient (Wildman–Crippen LogP) is 2.08.